The quantitative estimate of drug-likeness (QED) is 0.772. The molecule has 0 bridgehead atoms. The number of ketones is 1. The fourth-order valence-corrected chi connectivity index (χ4v) is 3.63. The third-order valence-corrected chi connectivity index (χ3v) is 5.14. The molecule has 0 radical (unpaired) electrons. The van der Waals surface area contributed by atoms with Crippen LogP contribution in [0, 0.1) is 5.92 Å². The Morgan fingerprint density at radius 2 is 1.42 bits per heavy atom. The largest absolute Gasteiger partial charge is 0.497 e. The molecule has 5 nitrogen and oxygen atoms in total. The monoisotopic (exact) mass is 353 g/mol. The van der Waals surface area contributed by atoms with E-state index in [9.17, 15) is 9.59 Å². The van der Waals surface area contributed by atoms with Gasteiger partial charge >= 0.3 is 0 Å². The first-order chi connectivity index (χ1) is 12.6. The van der Waals surface area contributed by atoms with Crippen molar-refractivity contribution < 1.29 is 19.1 Å². The van der Waals surface area contributed by atoms with Crippen molar-refractivity contribution in [3.05, 3.63) is 59.7 Å². The number of benzene rings is 2. The molecule has 1 heterocycles. The number of hydrogen-bond donors (Lipinski definition) is 0. The molecule has 136 valence electrons. The van der Waals surface area contributed by atoms with Gasteiger partial charge in [-0.2, -0.15) is 0 Å². The lowest BCUT2D eigenvalue weighted by molar-refractivity contribution is -0.138. The van der Waals surface area contributed by atoms with Gasteiger partial charge in [-0.3, -0.25) is 9.59 Å². The second-order valence-corrected chi connectivity index (χ2v) is 6.52. The average molecular weight is 353 g/mol. The van der Waals surface area contributed by atoms with Crippen LogP contribution in [-0.2, 0) is 9.59 Å². The van der Waals surface area contributed by atoms with Gasteiger partial charge in [-0.25, -0.2) is 0 Å². The second kappa shape index (κ2) is 7.60. The molecule has 26 heavy (non-hydrogen) atoms. The van der Waals surface area contributed by atoms with E-state index in [0.29, 0.717) is 6.42 Å². The molecule has 0 aliphatic carbocycles. The van der Waals surface area contributed by atoms with Crippen LogP contribution in [0.5, 0.6) is 11.5 Å². The second-order valence-electron chi connectivity index (χ2n) is 6.52. The van der Waals surface area contributed by atoms with Gasteiger partial charge in [0.1, 0.15) is 17.3 Å². The lowest BCUT2D eigenvalue weighted by Gasteiger charge is -2.43. The van der Waals surface area contributed by atoms with Crippen LogP contribution >= 0.6 is 0 Å². The number of rotatable bonds is 5. The van der Waals surface area contributed by atoms with Gasteiger partial charge in [0.15, 0.2) is 0 Å². The van der Waals surface area contributed by atoms with Crippen LogP contribution in [0.2, 0.25) is 0 Å². The molecule has 1 amide bonds. The molecule has 2 aromatic rings. The summed E-state index contributed by atoms with van der Waals surface area (Å²) in [4.78, 5) is 26.4. The van der Waals surface area contributed by atoms with E-state index in [4.69, 9.17) is 9.47 Å². The van der Waals surface area contributed by atoms with E-state index >= 15 is 0 Å². The van der Waals surface area contributed by atoms with E-state index in [1.165, 1.54) is 0 Å². The summed E-state index contributed by atoms with van der Waals surface area (Å²) in [6.07, 6.45) is 1.17. The molecule has 0 aromatic heterocycles. The molecule has 1 aliphatic heterocycles. The Morgan fingerprint density at radius 3 is 1.88 bits per heavy atom. The predicted octanol–water partition coefficient (Wildman–Crippen LogP) is 3.55. The van der Waals surface area contributed by atoms with Crippen molar-refractivity contribution in [1.29, 1.82) is 0 Å². The van der Waals surface area contributed by atoms with Crippen LogP contribution in [0.25, 0.3) is 0 Å². The highest BCUT2D eigenvalue weighted by atomic mass is 16.5. The van der Waals surface area contributed by atoms with Crippen molar-refractivity contribution in [2.75, 3.05) is 14.2 Å². The van der Waals surface area contributed by atoms with Crippen molar-refractivity contribution >= 4 is 12.2 Å². The third-order valence-electron chi connectivity index (χ3n) is 5.14. The van der Waals surface area contributed by atoms with Crippen LogP contribution in [0.4, 0.5) is 0 Å². The molecule has 0 saturated carbocycles. The molecule has 1 saturated heterocycles. The highest BCUT2D eigenvalue weighted by molar-refractivity contribution is 5.84. The summed E-state index contributed by atoms with van der Waals surface area (Å²) in [7, 11) is 3.22. The Hall–Kier alpha value is -2.82. The molecule has 5 heteroatoms. The highest BCUT2D eigenvalue weighted by Crippen LogP contribution is 2.42. The normalized spacial score (nSPS) is 22.8. The van der Waals surface area contributed by atoms with Crippen LogP contribution in [0.15, 0.2) is 48.5 Å². The van der Waals surface area contributed by atoms with E-state index in [-0.39, 0.29) is 23.8 Å². The Balaban J connectivity index is 1.98. The zero-order valence-electron chi connectivity index (χ0n) is 15.2. The summed E-state index contributed by atoms with van der Waals surface area (Å²) in [5.74, 6) is 1.38. The van der Waals surface area contributed by atoms with Gasteiger partial charge in [-0.05, 0) is 35.4 Å². The number of piperidine rings is 1. The first kappa shape index (κ1) is 18.0. The number of Topliss-reactive ketones (excluding diaryl/α,β-unsaturated/α-hetero) is 1. The topological polar surface area (TPSA) is 55.8 Å². The first-order valence-corrected chi connectivity index (χ1v) is 8.62. The molecule has 1 aliphatic rings. The lowest BCUT2D eigenvalue weighted by Crippen LogP contribution is -2.44. The van der Waals surface area contributed by atoms with Crippen molar-refractivity contribution in [1.82, 2.24) is 4.90 Å². The maximum atomic E-state index is 12.7. The molecule has 0 spiro atoms. The summed E-state index contributed by atoms with van der Waals surface area (Å²) >= 11 is 0. The van der Waals surface area contributed by atoms with E-state index in [1.807, 2.05) is 55.5 Å². The number of carbonyl (C=O) groups is 2. The van der Waals surface area contributed by atoms with Crippen LogP contribution in [-0.4, -0.2) is 31.3 Å². The summed E-state index contributed by atoms with van der Waals surface area (Å²) < 4.78 is 10.4. The number of ether oxygens (including phenoxy) is 2. The van der Waals surface area contributed by atoms with Crippen LogP contribution in [0.3, 0.4) is 0 Å². The van der Waals surface area contributed by atoms with Crippen molar-refractivity contribution in [3.63, 3.8) is 0 Å². The van der Waals surface area contributed by atoms with Gasteiger partial charge in [0.25, 0.3) is 0 Å². The summed E-state index contributed by atoms with van der Waals surface area (Å²) in [6, 6.07) is 14.5. The number of carbonyl (C=O) groups excluding carboxylic acids is 2. The van der Waals surface area contributed by atoms with Gasteiger partial charge in [-0.15, -0.1) is 0 Å². The minimum absolute atomic E-state index is 0.157. The number of nitrogens with zero attached hydrogens (tertiary/aromatic N) is 1. The van der Waals surface area contributed by atoms with Crippen LogP contribution < -0.4 is 9.47 Å². The van der Waals surface area contributed by atoms with Crippen molar-refractivity contribution in [3.8, 4) is 11.5 Å². The molecule has 2 aromatic carbocycles. The number of hydrogen-bond acceptors (Lipinski definition) is 4. The maximum Gasteiger partial charge on any atom is 0.210 e. The number of amides is 1. The lowest BCUT2D eigenvalue weighted by atomic mass is 9.80. The first-order valence-electron chi connectivity index (χ1n) is 8.62. The van der Waals surface area contributed by atoms with Gasteiger partial charge in [0.05, 0.1) is 26.3 Å². The van der Waals surface area contributed by atoms with Crippen LogP contribution in [0.1, 0.15) is 36.6 Å². The fraction of sp³-hybridized carbons (Fsp3) is 0.333. The molecule has 3 rings (SSSR count). The number of likely N-dealkylation sites (tertiary alicyclic amines) is 1. The van der Waals surface area contributed by atoms with Gasteiger partial charge in [0.2, 0.25) is 6.41 Å². The fourth-order valence-electron chi connectivity index (χ4n) is 3.63. The molecule has 0 N–H and O–H groups in total. The third kappa shape index (κ3) is 3.29. The number of methoxy groups -OCH3 is 2. The molecule has 1 fully saturated rings. The van der Waals surface area contributed by atoms with Gasteiger partial charge < -0.3 is 14.4 Å². The van der Waals surface area contributed by atoms with E-state index in [1.54, 1.807) is 19.1 Å². The molecular weight excluding hydrogens is 330 g/mol. The van der Waals surface area contributed by atoms with Gasteiger partial charge in [-0.1, -0.05) is 31.2 Å². The molecular formula is C21H23NO4. The molecule has 3 atom stereocenters. The van der Waals surface area contributed by atoms with Gasteiger partial charge in [0, 0.05) is 12.3 Å². The predicted molar refractivity (Wildman–Crippen MR) is 98.2 cm³/mol. The Kier molecular flexibility index (Phi) is 5.26. The van der Waals surface area contributed by atoms with Crippen molar-refractivity contribution in [2.45, 2.75) is 25.4 Å². The summed E-state index contributed by atoms with van der Waals surface area (Å²) in [6.45, 7) is 1.89. The highest BCUT2D eigenvalue weighted by Gasteiger charge is 2.40. The molecule has 0 unspecified atom stereocenters. The smallest absolute Gasteiger partial charge is 0.210 e. The maximum absolute atomic E-state index is 12.7. The Bertz CT molecular complexity index is 770. The van der Waals surface area contributed by atoms with Crippen molar-refractivity contribution in [2.24, 2.45) is 5.92 Å². The van der Waals surface area contributed by atoms with E-state index in [0.717, 1.165) is 29.0 Å². The zero-order valence-corrected chi connectivity index (χ0v) is 15.2. The Morgan fingerprint density at radius 1 is 0.923 bits per heavy atom. The standard InChI is InChI=1S/C21H23NO4/c1-14-20(24)12-19(15-4-8-17(25-2)9-5-15)22(13-23)21(14)16-6-10-18(26-3)11-7-16/h4-11,13-14,19,21H,12H2,1-3H3/t14-,19+,21-/m0/s1. The van der Waals surface area contributed by atoms with E-state index in [2.05, 4.69) is 0 Å². The SMILES string of the molecule is COc1ccc([C@H]2CC(=O)[C@H](C)[C@@H](c3ccc(OC)cc3)N2C=O)cc1. The van der Waals surface area contributed by atoms with E-state index < -0.39 is 0 Å². The summed E-state index contributed by atoms with van der Waals surface area (Å²) in [5, 5.41) is 0. The minimum Gasteiger partial charge on any atom is -0.497 e. The Labute approximate surface area is 153 Å². The summed E-state index contributed by atoms with van der Waals surface area (Å²) in [5.41, 5.74) is 1.86. The minimum atomic E-state index is -0.299. The average Bonchev–Trinajstić information content (AvgIpc) is 2.69. The zero-order chi connectivity index (χ0) is 18.7.